The topological polar surface area (TPSA) is 46.3 Å². The van der Waals surface area contributed by atoms with Crippen LogP contribution in [0.15, 0.2) is 12.1 Å². The highest BCUT2D eigenvalue weighted by Crippen LogP contribution is 2.37. The quantitative estimate of drug-likeness (QED) is 0.834. The summed E-state index contributed by atoms with van der Waals surface area (Å²) in [6.45, 7) is 0. The van der Waals surface area contributed by atoms with Gasteiger partial charge in [-0.15, -0.1) is 0 Å². The van der Waals surface area contributed by atoms with Crippen LogP contribution in [0, 0.1) is 5.82 Å². The van der Waals surface area contributed by atoms with Gasteiger partial charge in [-0.2, -0.15) is 0 Å². The standard InChI is InChI=1S/C15H21FN2O/c1-18(2)15(19)11-8-12(16)14(13(17)9-11)10-6-4-3-5-7-10/h8-10H,3-7,17H2,1-2H3. The minimum absolute atomic E-state index is 0.206. The monoisotopic (exact) mass is 264 g/mol. The Hall–Kier alpha value is -1.58. The molecule has 104 valence electrons. The van der Waals surface area contributed by atoms with Crippen molar-refractivity contribution in [3.8, 4) is 0 Å². The molecule has 1 aliphatic rings. The Morgan fingerprint density at radius 3 is 2.42 bits per heavy atom. The zero-order chi connectivity index (χ0) is 14.0. The molecule has 0 aliphatic heterocycles. The van der Waals surface area contributed by atoms with Gasteiger partial charge in [0.2, 0.25) is 0 Å². The van der Waals surface area contributed by atoms with Crippen molar-refractivity contribution >= 4 is 11.6 Å². The van der Waals surface area contributed by atoms with E-state index in [4.69, 9.17) is 5.73 Å². The SMILES string of the molecule is CN(C)C(=O)c1cc(N)c(C2CCCCC2)c(F)c1. The van der Waals surface area contributed by atoms with Gasteiger partial charge in [0.05, 0.1) is 0 Å². The molecule has 1 fully saturated rings. The molecule has 0 aromatic heterocycles. The van der Waals surface area contributed by atoms with E-state index < -0.39 is 0 Å². The number of halogens is 1. The first-order chi connectivity index (χ1) is 9.00. The molecule has 1 saturated carbocycles. The van der Waals surface area contributed by atoms with Crippen LogP contribution >= 0.6 is 0 Å². The zero-order valence-corrected chi connectivity index (χ0v) is 11.6. The van der Waals surface area contributed by atoms with E-state index in [2.05, 4.69) is 0 Å². The molecule has 3 nitrogen and oxygen atoms in total. The van der Waals surface area contributed by atoms with Gasteiger partial charge in [-0.1, -0.05) is 19.3 Å². The summed E-state index contributed by atoms with van der Waals surface area (Å²) < 4.78 is 14.3. The molecule has 1 amide bonds. The number of rotatable bonds is 2. The van der Waals surface area contributed by atoms with E-state index >= 15 is 0 Å². The van der Waals surface area contributed by atoms with E-state index in [1.54, 1.807) is 20.2 Å². The zero-order valence-electron chi connectivity index (χ0n) is 11.6. The van der Waals surface area contributed by atoms with Gasteiger partial charge in [0.25, 0.3) is 5.91 Å². The Morgan fingerprint density at radius 2 is 1.89 bits per heavy atom. The molecule has 19 heavy (non-hydrogen) atoms. The van der Waals surface area contributed by atoms with Crippen LogP contribution in [-0.4, -0.2) is 24.9 Å². The van der Waals surface area contributed by atoms with Gasteiger partial charge in [0.1, 0.15) is 5.82 Å². The highest BCUT2D eigenvalue weighted by Gasteiger charge is 2.23. The predicted molar refractivity (Wildman–Crippen MR) is 74.7 cm³/mol. The number of carbonyl (C=O) groups excluding carboxylic acids is 1. The van der Waals surface area contributed by atoms with Crippen LogP contribution in [0.4, 0.5) is 10.1 Å². The second-order valence-electron chi connectivity index (χ2n) is 5.50. The van der Waals surface area contributed by atoms with Crippen molar-refractivity contribution in [3.63, 3.8) is 0 Å². The van der Waals surface area contributed by atoms with Gasteiger partial charge in [-0.25, -0.2) is 4.39 Å². The van der Waals surface area contributed by atoms with Crippen molar-refractivity contribution in [2.24, 2.45) is 0 Å². The third kappa shape index (κ3) is 2.88. The van der Waals surface area contributed by atoms with Crippen LogP contribution in [0.25, 0.3) is 0 Å². The normalized spacial score (nSPS) is 16.4. The van der Waals surface area contributed by atoms with Crippen molar-refractivity contribution in [1.82, 2.24) is 4.90 Å². The van der Waals surface area contributed by atoms with Crippen molar-refractivity contribution < 1.29 is 9.18 Å². The number of hydrogen-bond acceptors (Lipinski definition) is 2. The molecule has 1 aliphatic carbocycles. The summed E-state index contributed by atoms with van der Waals surface area (Å²) in [5.74, 6) is -0.352. The summed E-state index contributed by atoms with van der Waals surface area (Å²) in [7, 11) is 3.29. The van der Waals surface area contributed by atoms with E-state index in [0.717, 1.165) is 25.7 Å². The van der Waals surface area contributed by atoms with E-state index in [1.165, 1.54) is 17.4 Å². The van der Waals surface area contributed by atoms with Crippen LogP contribution < -0.4 is 5.73 Å². The number of anilines is 1. The summed E-state index contributed by atoms with van der Waals surface area (Å²) in [4.78, 5) is 13.3. The molecule has 0 spiro atoms. The maximum Gasteiger partial charge on any atom is 0.253 e. The lowest BCUT2D eigenvalue weighted by Crippen LogP contribution is -2.22. The Kier molecular flexibility index (Phi) is 4.08. The molecular weight excluding hydrogens is 243 g/mol. The van der Waals surface area contributed by atoms with Gasteiger partial charge in [-0.05, 0) is 30.9 Å². The van der Waals surface area contributed by atoms with Gasteiger partial charge < -0.3 is 10.6 Å². The fourth-order valence-corrected chi connectivity index (χ4v) is 2.84. The average molecular weight is 264 g/mol. The fraction of sp³-hybridized carbons (Fsp3) is 0.533. The van der Waals surface area contributed by atoms with Gasteiger partial charge in [0.15, 0.2) is 0 Å². The average Bonchev–Trinajstić information content (AvgIpc) is 2.38. The molecule has 0 unspecified atom stereocenters. The van der Waals surface area contributed by atoms with Crippen LogP contribution in [0.1, 0.15) is 53.9 Å². The smallest absolute Gasteiger partial charge is 0.253 e. The maximum atomic E-state index is 14.3. The third-order valence-electron chi connectivity index (χ3n) is 3.83. The van der Waals surface area contributed by atoms with Crippen LogP contribution in [-0.2, 0) is 0 Å². The van der Waals surface area contributed by atoms with E-state index in [1.807, 2.05) is 0 Å². The van der Waals surface area contributed by atoms with E-state index in [0.29, 0.717) is 16.8 Å². The Balaban J connectivity index is 2.34. The van der Waals surface area contributed by atoms with E-state index in [-0.39, 0.29) is 17.6 Å². The first kappa shape index (κ1) is 13.8. The molecule has 2 rings (SSSR count). The molecule has 0 bridgehead atoms. The molecular formula is C15H21FN2O. The van der Waals surface area contributed by atoms with Crippen LogP contribution in [0.3, 0.4) is 0 Å². The predicted octanol–water partition coefficient (Wildman–Crippen LogP) is 3.16. The fourth-order valence-electron chi connectivity index (χ4n) is 2.84. The summed E-state index contributed by atoms with van der Waals surface area (Å²) in [6.07, 6.45) is 5.45. The summed E-state index contributed by atoms with van der Waals surface area (Å²) in [5, 5.41) is 0. The summed E-state index contributed by atoms with van der Waals surface area (Å²) in [5.41, 5.74) is 7.32. The number of carbonyl (C=O) groups is 1. The second-order valence-corrected chi connectivity index (χ2v) is 5.50. The minimum atomic E-state index is -0.336. The first-order valence-electron chi connectivity index (χ1n) is 6.81. The number of nitrogen functional groups attached to an aromatic ring is 1. The summed E-state index contributed by atoms with van der Waals surface area (Å²) in [6, 6.07) is 2.93. The lowest BCUT2D eigenvalue weighted by Gasteiger charge is -2.24. The second kappa shape index (κ2) is 5.59. The van der Waals surface area contributed by atoms with Crippen LogP contribution in [0.2, 0.25) is 0 Å². The molecule has 2 N–H and O–H groups in total. The molecule has 1 aromatic carbocycles. The Labute approximate surface area is 113 Å². The Morgan fingerprint density at radius 1 is 1.26 bits per heavy atom. The largest absolute Gasteiger partial charge is 0.398 e. The number of hydrogen-bond donors (Lipinski definition) is 1. The van der Waals surface area contributed by atoms with Crippen molar-refractivity contribution in [2.45, 2.75) is 38.0 Å². The first-order valence-corrected chi connectivity index (χ1v) is 6.81. The minimum Gasteiger partial charge on any atom is -0.398 e. The molecule has 1 aromatic rings. The van der Waals surface area contributed by atoms with Crippen molar-refractivity contribution in [2.75, 3.05) is 19.8 Å². The number of nitrogens with two attached hydrogens (primary N) is 1. The third-order valence-corrected chi connectivity index (χ3v) is 3.83. The van der Waals surface area contributed by atoms with Gasteiger partial charge in [-0.3, -0.25) is 4.79 Å². The highest BCUT2D eigenvalue weighted by atomic mass is 19.1. The maximum absolute atomic E-state index is 14.3. The molecule has 0 radical (unpaired) electrons. The lowest BCUT2D eigenvalue weighted by molar-refractivity contribution is 0.0827. The molecule has 0 saturated heterocycles. The molecule has 0 atom stereocenters. The molecule has 4 heteroatoms. The highest BCUT2D eigenvalue weighted by molar-refractivity contribution is 5.95. The summed E-state index contributed by atoms with van der Waals surface area (Å²) >= 11 is 0. The number of nitrogens with zero attached hydrogens (tertiary/aromatic N) is 1. The Bertz CT molecular complexity index is 456. The lowest BCUT2D eigenvalue weighted by atomic mass is 9.82. The van der Waals surface area contributed by atoms with Gasteiger partial charge in [0, 0.05) is 30.9 Å². The number of benzene rings is 1. The van der Waals surface area contributed by atoms with E-state index in [9.17, 15) is 9.18 Å². The number of amides is 1. The van der Waals surface area contributed by atoms with Gasteiger partial charge >= 0.3 is 0 Å². The molecule has 0 heterocycles. The van der Waals surface area contributed by atoms with Crippen LogP contribution in [0.5, 0.6) is 0 Å². The van der Waals surface area contributed by atoms with Crippen molar-refractivity contribution in [3.05, 3.63) is 29.1 Å². The van der Waals surface area contributed by atoms with Crippen molar-refractivity contribution in [1.29, 1.82) is 0 Å².